The number of halogens is 2. The number of rotatable bonds is 3. The fraction of sp³-hybridized carbons (Fsp3) is 0.250. The third kappa shape index (κ3) is 2.06. The van der Waals surface area contributed by atoms with E-state index in [-0.39, 0.29) is 11.4 Å². The van der Waals surface area contributed by atoms with Crippen LogP contribution in [0.3, 0.4) is 0 Å². The number of anilines is 2. The van der Waals surface area contributed by atoms with Crippen LogP contribution in [0.5, 0.6) is 0 Å². The summed E-state index contributed by atoms with van der Waals surface area (Å²) in [4.78, 5) is 0. The lowest BCUT2D eigenvalue weighted by atomic mass is 10.2. The molecule has 0 fully saturated rings. The Labute approximate surface area is 74.7 Å². The molecule has 1 rings (SSSR count). The first-order chi connectivity index (χ1) is 6.16. The summed E-state index contributed by atoms with van der Waals surface area (Å²) in [6, 6.07) is 2.29. The second-order valence-corrected chi connectivity index (χ2v) is 2.54. The molecule has 0 amide bonds. The van der Waals surface area contributed by atoms with Crippen LogP contribution in [0.15, 0.2) is 12.1 Å². The van der Waals surface area contributed by atoms with Crippen LogP contribution in [-0.2, 0) is 0 Å². The predicted octanol–water partition coefficient (Wildman–Crippen LogP) is 0.918. The minimum Gasteiger partial charge on any atom is -0.397 e. The Morgan fingerprint density at radius 1 is 1.31 bits per heavy atom. The largest absolute Gasteiger partial charge is 0.397 e. The molecule has 72 valence electrons. The Balaban J connectivity index is 2.96. The second-order valence-electron chi connectivity index (χ2n) is 2.54. The number of benzene rings is 1. The third-order valence-electron chi connectivity index (χ3n) is 1.57. The molecule has 0 aliphatic rings. The number of nitrogens with one attached hydrogen (secondary N) is 1. The van der Waals surface area contributed by atoms with Gasteiger partial charge in [0.05, 0.1) is 11.4 Å². The molecule has 0 aromatic heterocycles. The number of nitrogen functional groups attached to an aromatic ring is 1. The third-order valence-corrected chi connectivity index (χ3v) is 1.57. The molecule has 0 bridgehead atoms. The molecule has 13 heavy (non-hydrogen) atoms. The van der Waals surface area contributed by atoms with E-state index in [0.717, 1.165) is 6.07 Å². The fourth-order valence-electron chi connectivity index (χ4n) is 0.942. The van der Waals surface area contributed by atoms with Gasteiger partial charge in [-0.1, -0.05) is 0 Å². The Kier molecular flexibility index (Phi) is 3.02. The first-order valence-corrected chi connectivity index (χ1v) is 3.84. The molecule has 0 saturated heterocycles. The molecule has 0 radical (unpaired) electrons. The van der Waals surface area contributed by atoms with Crippen LogP contribution >= 0.6 is 0 Å². The SMILES string of the molecule is NCCNc1c(N)ccc(F)c1F. The van der Waals surface area contributed by atoms with Gasteiger partial charge in [-0.05, 0) is 12.1 Å². The number of nitrogens with two attached hydrogens (primary N) is 2. The lowest BCUT2D eigenvalue weighted by Gasteiger charge is -2.09. The summed E-state index contributed by atoms with van der Waals surface area (Å²) in [5.74, 6) is -1.89. The maximum Gasteiger partial charge on any atom is 0.183 e. The van der Waals surface area contributed by atoms with Crippen molar-refractivity contribution < 1.29 is 8.78 Å². The minimum absolute atomic E-state index is 0.0227. The molecule has 0 aliphatic heterocycles. The molecule has 1 aromatic rings. The Morgan fingerprint density at radius 3 is 2.62 bits per heavy atom. The smallest absolute Gasteiger partial charge is 0.183 e. The number of hydrogen-bond acceptors (Lipinski definition) is 3. The topological polar surface area (TPSA) is 64.1 Å². The van der Waals surface area contributed by atoms with Crippen molar-refractivity contribution in [2.24, 2.45) is 5.73 Å². The molecule has 3 nitrogen and oxygen atoms in total. The average molecular weight is 187 g/mol. The van der Waals surface area contributed by atoms with Crippen molar-refractivity contribution in [1.82, 2.24) is 0 Å². The van der Waals surface area contributed by atoms with E-state index < -0.39 is 11.6 Å². The summed E-state index contributed by atoms with van der Waals surface area (Å²) >= 11 is 0. The van der Waals surface area contributed by atoms with Gasteiger partial charge < -0.3 is 16.8 Å². The summed E-state index contributed by atoms with van der Waals surface area (Å²) in [5, 5.41) is 2.61. The zero-order valence-corrected chi connectivity index (χ0v) is 6.98. The summed E-state index contributed by atoms with van der Waals surface area (Å²) in [6.45, 7) is 0.681. The van der Waals surface area contributed by atoms with E-state index in [1.807, 2.05) is 0 Å². The average Bonchev–Trinajstić information content (AvgIpc) is 2.12. The van der Waals surface area contributed by atoms with Crippen LogP contribution in [0.4, 0.5) is 20.2 Å². The van der Waals surface area contributed by atoms with Gasteiger partial charge in [0.2, 0.25) is 0 Å². The summed E-state index contributed by atoms with van der Waals surface area (Å²) < 4.78 is 25.7. The highest BCUT2D eigenvalue weighted by atomic mass is 19.2. The number of hydrogen-bond donors (Lipinski definition) is 3. The van der Waals surface area contributed by atoms with Gasteiger partial charge in [0.1, 0.15) is 0 Å². The van der Waals surface area contributed by atoms with Crippen molar-refractivity contribution in [3.8, 4) is 0 Å². The summed E-state index contributed by atoms with van der Waals surface area (Å²) in [5.41, 5.74) is 10.8. The lowest BCUT2D eigenvalue weighted by Crippen LogP contribution is -2.15. The van der Waals surface area contributed by atoms with Crippen molar-refractivity contribution in [3.05, 3.63) is 23.8 Å². The fourth-order valence-corrected chi connectivity index (χ4v) is 0.942. The first kappa shape index (κ1) is 9.73. The monoisotopic (exact) mass is 187 g/mol. The molecule has 1 aromatic carbocycles. The van der Waals surface area contributed by atoms with Gasteiger partial charge in [0, 0.05) is 13.1 Å². The molecule has 5 N–H and O–H groups in total. The van der Waals surface area contributed by atoms with E-state index in [1.54, 1.807) is 0 Å². The quantitative estimate of drug-likeness (QED) is 0.616. The molecule has 0 spiro atoms. The maximum atomic E-state index is 13.0. The van der Waals surface area contributed by atoms with Crippen LogP contribution in [0.2, 0.25) is 0 Å². The molecule has 0 atom stereocenters. The molecule has 0 saturated carbocycles. The molecule has 5 heteroatoms. The van der Waals surface area contributed by atoms with Crippen LogP contribution in [0, 0.1) is 11.6 Å². The highest BCUT2D eigenvalue weighted by molar-refractivity contribution is 5.66. The zero-order chi connectivity index (χ0) is 9.84. The predicted molar refractivity (Wildman–Crippen MR) is 48.3 cm³/mol. The second kappa shape index (κ2) is 4.04. The minimum atomic E-state index is -0.964. The molecule has 0 aliphatic carbocycles. The van der Waals surface area contributed by atoms with Gasteiger partial charge in [-0.3, -0.25) is 0 Å². The van der Waals surface area contributed by atoms with Crippen molar-refractivity contribution in [3.63, 3.8) is 0 Å². The van der Waals surface area contributed by atoms with Gasteiger partial charge >= 0.3 is 0 Å². The summed E-state index contributed by atoms with van der Waals surface area (Å²) in [6.07, 6.45) is 0. The molecular weight excluding hydrogens is 176 g/mol. The standard InChI is InChI=1S/C8H11F2N3/c9-5-1-2-6(12)8(7(5)10)13-4-3-11/h1-2,13H,3-4,11-12H2. The van der Waals surface area contributed by atoms with Crippen LogP contribution in [-0.4, -0.2) is 13.1 Å². The first-order valence-electron chi connectivity index (χ1n) is 3.84. The van der Waals surface area contributed by atoms with Gasteiger partial charge in [-0.25, -0.2) is 8.78 Å². The van der Waals surface area contributed by atoms with Crippen LogP contribution < -0.4 is 16.8 Å². The molecule has 0 unspecified atom stereocenters. The Morgan fingerprint density at radius 2 is 2.00 bits per heavy atom. The zero-order valence-electron chi connectivity index (χ0n) is 6.98. The van der Waals surface area contributed by atoms with Crippen molar-refractivity contribution in [2.45, 2.75) is 0 Å². The molecule has 0 heterocycles. The van der Waals surface area contributed by atoms with E-state index in [2.05, 4.69) is 5.32 Å². The van der Waals surface area contributed by atoms with E-state index in [0.29, 0.717) is 13.1 Å². The van der Waals surface area contributed by atoms with E-state index in [9.17, 15) is 8.78 Å². The van der Waals surface area contributed by atoms with Gasteiger partial charge in [-0.15, -0.1) is 0 Å². The summed E-state index contributed by atoms with van der Waals surface area (Å²) in [7, 11) is 0. The highest BCUT2D eigenvalue weighted by Gasteiger charge is 2.10. The van der Waals surface area contributed by atoms with Crippen LogP contribution in [0.1, 0.15) is 0 Å². The van der Waals surface area contributed by atoms with Gasteiger partial charge in [-0.2, -0.15) is 0 Å². The van der Waals surface area contributed by atoms with E-state index in [4.69, 9.17) is 11.5 Å². The van der Waals surface area contributed by atoms with E-state index in [1.165, 1.54) is 6.07 Å². The molecular formula is C8H11F2N3. The van der Waals surface area contributed by atoms with Crippen molar-refractivity contribution >= 4 is 11.4 Å². The Hall–Kier alpha value is -1.36. The van der Waals surface area contributed by atoms with Gasteiger partial charge in [0.25, 0.3) is 0 Å². The van der Waals surface area contributed by atoms with Crippen molar-refractivity contribution in [1.29, 1.82) is 0 Å². The van der Waals surface area contributed by atoms with Crippen molar-refractivity contribution in [2.75, 3.05) is 24.1 Å². The van der Waals surface area contributed by atoms with Gasteiger partial charge in [0.15, 0.2) is 11.6 Å². The lowest BCUT2D eigenvalue weighted by molar-refractivity contribution is 0.511. The Bertz CT molecular complexity index is 302. The van der Waals surface area contributed by atoms with E-state index >= 15 is 0 Å². The normalized spacial score (nSPS) is 10.1. The maximum absolute atomic E-state index is 13.0. The van der Waals surface area contributed by atoms with Crippen LogP contribution in [0.25, 0.3) is 0 Å². The highest BCUT2D eigenvalue weighted by Crippen LogP contribution is 2.23.